The molecule has 7 heteroatoms. The predicted molar refractivity (Wildman–Crippen MR) is 110 cm³/mol. The Kier molecular flexibility index (Phi) is 11.8. The van der Waals surface area contributed by atoms with Gasteiger partial charge < -0.3 is 15.0 Å². The molecule has 0 bridgehead atoms. The van der Waals surface area contributed by atoms with Gasteiger partial charge in [0.1, 0.15) is 6.29 Å². The summed E-state index contributed by atoms with van der Waals surface area (Å²) in [6, 6.07) is 8.11. The van der Waals surface area contributed by atoms with Gasteiger partial charge in [-0.1, -0.05) is 31.7 Å². The molecule has 142 valence electrons. The molecule has 1 rings (SSSR count). The molecule has 0 saturated heterocycles. The van der Waals surface area contributed by atoms with E-state index < -0.39 is 0 Å². The molecule has 0 unspecified atom stereocenters. The molecule has 0 aromatic heterocycles. The Morgan fingerprint density at radius 1 is 1.35 bits per heavy atom. The van der Waals surface area contributed by atoms with Crippen molar-refractivity contribution in [3.63, 3.8) is 0 Å². The third kappa shape index (κ3) is 8.17. The van der Waals surface area contributed by atoms with Crippen molar-refractivity contribution in [1.29, 1.82) is 5.26 Å². The van der Waals surface area contributed by atoms with Crippen molar-refractivity contribution in [3.05, 3.63) is 29.3 Å². The van der Waals surface area contributed by atoms with Gasteiger partial charge in [0, 0.05) is 25.8 Å². The zero-order valence-corrected chi connectivity index (χ0v) is 17.1. The number of thioether (sulfide) groups is 1. The van der Waals surface area contributed by atoms with E-state index in [2.05, 4.69) is 30.2 Å². The highest BCUT2D eigenvalue weighted by Gasteiger charge is 2.15. The van der Waals surface area contributed by atoms with Crippen LogP contribution >= 0.6 is 11.8 Å². The molecule has 1 amide bonds. The number of amidine groups is 1. The summed E-state index contributed by atoms with van der Waals surface area (Å²) in [5.41, 5.74) is 2.73. The molecular formula is C19H28N4O2S. The Hall–Kier alpha value is -2.33. The number of nitrogens with zero attached hydrogens (tertiary/aromatic N) is 3. The van der Waals surface area contributed by atoms with Crippen LogP contribution < -0.4 is 10.2 Å². The van der Waals surface area contributed by atoms with E-state index >= 15 is 0 Å². The van der Waals surface area contributed by atoms with Crippen LogP contribution in [0.3, 0.4) is 0 Å². The Balaban J connectivity index is 0.000000896. The zero-order valence-electron chi connectivity index (χ0n) is 16.3. The number of nitrogens with one attached hydrogen (secondary N) is 1. The molecule has 1 aromatic rings. The lowest BCUT2D eigenvalue weighted by molar-refractivity contribution is -0.110. The van der Waals surface area contributed by atoms with Crippen molar-refractivity contribution in [2.45, 2.75) is 39.7 Å². The normalized spacial score (nSPS) is 10.7. The second-order valence-electron chi connectivity index (χ2n) is 6.02. The average molecular weight is 377 g/mol. The van der Waals surface area contributed by atoms with Crippen molar-refractivity contribution >= 4 is 35.3 Å². The molecule has 0 aliphatic heterocycles. The molecule has 0 heterocycles. The molecule has 6 nitrogen and oxygen atoms in total. The van der Waals surface area contributed by atoms with E-state index in [1.165, 1.54) is 11.8 Å². The number of anilines is 1. The van der Waals surface area contributed by atoms with Crippen LogP contribution in [0.4, 0.5) is 5.69 Å². The van der Waals surface area contributed by atoms with Gasteiger partial charge in [0.25, 0.3) is 0 Å². The first-order valence-corrected chi connectivity index (χ1v) is 9.31. The van der Waals surface area contributed by atoms with Crippen LogP contribution in [0.1, 0.15) is 44.7 Å². The van der Waals surface area contributed by atoms with Crippen molar-refractivity contribution in [2.75, 3.05) is 24.7 Å². The van der Waals surface area contributed by atoms with Gasteiger partial charge in [-0.15, -0.1) is 0 Å². The second kappa shape index (κ2) is 13.0. The number of nitriles is 1. The summed E-state index contributed by atoms with van der Waals surface area (Å²) < 4.78 is 0. The monoisotopic (exact) mass is 376 g/mol. The number of amides is 1. The molecule has 0 fully saturated rings. The first-order chi connectivity index (χ1) is 12.3. The van der Waals surface area contributed by atoms with Crippen molar-refractivity contribution in [1.82, 2.24) is 5.32 Å². The van der Waals surface area contributed by atoms with Crippen LogP contribution in [0.2, 0.25) is 0 Å². The van der Waals surface area contributed by atoms with Gasteiger partial charge in [0.2, 0.25) is 6.41 Å². The summed E-state index contributed by atoms with van der Waals surface area (Å²) in [6.45, 7) is 8.04. The van der Waals surface area contributed by atoms with E-state index in [4.69, 9.17) is 5.26 Å². The van der Waals surface area contributed by atoms with Gasteiger partial charge in [0.15, 0.2) is 5.17 Å². The highest BCUT2D eigenvalue weighted by molar-refractivity contribution is 8.14. The minimum Gasteiger partial charge on any atom is -0.357 e. The first kappa shape index (κ1) is 23.7. The summed E-state index contributed by atoms with van der Waals surface area (Å²) >= 11 is 1.38. The lowest BCUT2D eigenvalue weighted by Crippen LogP contribution is -2.25. The van der Waals surface area contributed by atoms with Gasteiger partial charge in [-0.05, 0) is 37.5 Å². The summed E-state index contributed by atoms with van der Waals surface area (Å²) in [6.07, 6.45) is 1.56. The molecule has 0 atom stereocenters. The number of carbonyl (C=O) groups excluding carboxylic acids is 2. The fourth-order valence-corrected chi connectivity index (χ4v) is 2.69. The molecule has 1 aromatic carbocycles. The lowest BCUT2D eigenvalue weighted by Gasteiger charge is -2.24. The van der Waals surface area contributed by atoms with Gasteiger partial charge >= 0.3 is 0 Å². The highest BCUT2D eigenvalue weighted by atomic mass is 32.2. The van der Waals surface area contributed by atoms with Crippen LogP contribution in [0.5, 0.6) is 0 Å². The molecular weight excluding hydrogens is 348 g/mol. The molecule has 0 aliphatic carbocycles. The quantitative estimate of drug-likeness (QED) is 0.468. The number of aliphatic imine (C=N–C) groups is 1. The van der Waals surface area contributed by atoms with Crippen LogP contribution in [-0.4, -0.2) is 43.8 Å². The molecule has 1 N–H and O–H groups in total. The van der Waals surface area contributed by atoms with E-state index in [1.54, 1.807) is 7.05 Å². The van der Waals surface area contributed by atoms with Gasteiger partial charge in [0.05, 0.1) is 17.4 Å². The van der Waals surface area contributed by atoms with E-state index in [9.17, 15) is 9.59 Å². The number of aldehydes is 1. The third-order valence-corrected chi connectivity index (χ3v) is 4.32. The summed E-state index contributed by atoms with van der Waals surface area (Å²) in [4.78, 5) is 26.2. The van der Waals surface area contributed by atoms with Gasteiger partial charge in [-0.25, -0.2) is 0 Å². The molecule has 0 spiro atoms. The largest absolute Gasteiger partial charge is 0.357 e. The van der Waals surface area contributed by atoms with Crippen LogP contribution in [0, 0.1) is 11.3 Å². The number of carbonyl (C=O) groups is 2. The smallest absolute Gasteiger partial charge is 0.207 e. The first-order valence-electron chi connectivity index (χ1n) is 8.32. The van der Waals surface area contributed by atoms with Crippen LogP contribution in [-0.2, 0) is 9.59 Å². The average Bonchev–Trinajstić information content (AvgIpc) is 2.61. The lowest BCUT2D eigenvalue weighted by atomic mass is 9.99. The maximum atomic E-state index is 10.5. The van der Waals surface area contributed by atoms with Crippen molar-refractivity contribution < 1.29 is 9.59 Å². The van der Waals surface area contributed by atoms with Crippen molar-refractivity contribution in [3.8, 4) is 6.07 Å². The summed E-state index contributed by atoms with van der Waals surface area (Å²) in [7, 11) is 3.61. The van der Waals surface area contributed by atoms with Crippen LogP contribution in [0.25, 0.3) is 0 Å². The topological polar surface area (TPSA) is 85.6 Å². The molecule has 0 saturated carbocycles. The second-order valence-corrected chi connectivity index (χ2v) is 7.01. The Labute approximate surface area is 160 Å². The number of hydrogen-bond acceptors (Lipinski definition) is 5. The minimum absolute atomic E-state index is 0.280. The maximum absolute atomic E-state index is 10.5. The third-order valence-electron chi connectivity index (χ3n) is 3.30. The van der Waals surface area contributed by atoms with Gasteiger partial charge in [-0.3, -0.25) is 9.79 Å². The van der Waals surface area contributed by atoms with E-state index in [1.807, 2.05) is 44.0 Å². The molecule has 26 heavy (non-hydrogen) atoms. The Bertz CT molecular complexity index is 651. The highest BCUT2D eigenvalue weighted by Crippen LogP contribution is 2.29. The summed E-state index contributed by atoms with van der Waals surface area (Å²) in [5, 5.41) is 12.3. The van der Waals surface area contributed by atoms with E-state index in [0.717, 1.165) is 22.7 Å². The number of benzene rings is 1. The standard InChI is InChI=1S/C15H19N3OS.C4H9NO/c1-11(2)13-6-5-12(10-16)9-14(13)18(4)15(17-3)20-8-7-19;1-4(2)5-3-6/h5-7,9,11H,8H2,1-4H3;3-4H,1-2H3,(H,5,6). The fourth-order valence-electron chi connectivity index (χ4n) is 2.05. The minimum atomic E-state index is 0.280. The predicted octanol–water partition coefficient (Wildman–Crippen LogP) is 3.18. The molecule has 0 radical (unpaired) electrons. The number of hydrogen-bond donors (Lipinski definition) is 1. The van der Waals surface area contributed by atoms with E-state index in [-0.39, 0.29) is 6.04 Å². The zero-order chi connectivity index (χ0) is 20.1. The SMILES string of the molecule is CC(C)NC=O.CN=C(SCC=O)N(C)c1cc(C#N)ccc1C(C)C. The Morgan fingerprint density at radius 2 is 2.00 bits per heavy atom. The van der Waals surface area contributed by atoms with Crippen molar-refractivity contribution in [2.24, 2.45) is 4.99 Å². The number of rotatable bonds is 6. The van der Waals surface area contributed by atoms with Gasteiger partial charge in [-0.2, -0.15) is 5.26 Å². The maximum Gasteiger partial charge on any atom is 0.207 e. The van der Waals surface area contributed by atoms with Crippen LogP contribution in [0.15, 0.2) is 23.2 Å². The Morgan fingerprint density at radius 3 is 2.38 bits per heavy atom. The van der Waals surface area contributed by atoms with E-state index in [0.29, 0.717) is 23.6 Å². The summed E-state index contributed by atoms with van der Waals surface area (Å²) in [5.74, 6) is 0.709. The fraction of sp³-hybridized carbons (Fsp3) is 0.474. The molecule has 0 aliphatic rings.